The number of rotatable bonds is 7. The van der Waals surface area contributed by atoms with Gasteiger partial charge in [0.2, 0.25) is 5.75 Å². The number of hydrogen-bond donors (Lipinski definition) is 1. The van der Waals surface area contributed by atoms with Gasteiger partial charge < -0.3 is 19.5 Å². The van der Waals surface area contributed by atoms with Crippen LogP contribution in [-0.4, -0.2) is 31.3 Å². The van der Waals surface area contributed by atoms with Crippen molar-refractivity contribution in [3.05, 3.63) is 64.8 Å². The number of thiophene rings is 1. The molecular weight excluding hydrogens is 467 g/mol. The van der Waals surface area contributed by atoms with E-state index in [9.17, 15) is 13.2 Å². The summed E-state index contributed by atoms with van der Waals surface area (Å²) in [7, 11) is 4.61. The molecule has 0 amide bonds. The van der Waals surface area contributed by atoms with Crippen LogP contribution in [-0.2, 0) is 6.18 Å². The van der Waals surface area contributed by atoms with Gasteiger partial charge in [-0.15, -0.1) is 11.3 Å². The average molecular weight is 488 g/mol. The molecule has 0 spiro atoms. The molecule has 0 aliphatic carbocycles. The Bertz CT molecular complexity index is 1310. The summed E-state index contributed by atoms with van der Waals surface area (Å²) < 4.78 is 55.5. The fourth-order valence-corrected chi connectivity index (χ4v) is 4.06. The van der Waals surface area contributed by atoms with Crippen LogP contribution in [0.5, 0.6) is 17.2 Å². The molecule has 10 heteroatoms. The zero-order valence-corrected chi connectivity index (χ0v) is 19.3. The summed E-state index contributed by atoms with van der Waals surface area (Å²) in [5.74, 6) is 2.44. The predicted molar refractivity (Wildman–Crippen MR) is 127 cm³/mol. The van der Waals surface area contributed by atoms with Crippen LogP contribution in [0, 0.1) is 0 Å². The van der Waals surface area contributed by atoms with E-state index in [-0.39, 0.29) is 0 Å². The maximum Gasteiger partial charge on any atom is 0.416 e. The summed E-state index contributed by atoms with van der Waals surface area (Å²) in [6.07, 6.45) is -0.852. The molecule has 0 unspecified atom stereocenters. The molecule has 2 aromatic carbocycles. The Morgan fingerprint density at radius 2 is 1.56 bits per heavy atom. The van der Waals surface area contributed by atoms with Crippen molar-refractivity contribution < 1.29 is 27.4 Å². The maximum atomic E-state index is 12.9. The number of ether oxygens (including phenoxy) is 3. The number of aromatic nitrogens is 2. The Hall–Kier alpha value is -3.79. The second-order valence-corrected chi connectivity index (χ2v) is 7.97. The monoisotopic (exact) mass is 487 g/mol. The van der Waals surface area contributed by atoms with Gasteiger partial charge in [-0.05, 0) is 59.5 Å². The van der Waals surface area contributed by atoms with E-state index in [0.717, 1.165) is 27.9 Å². The summed E-state index contributed by atoms with van der Waals surface area (Å²) in [4.78, 5) is 9.12. The maximum absolute atomic E-state index is 12.9. The lowest BCUT2D eigenvalue weighted by Crippen LogP contribution is -2.04. The Morgan fingerprint density at radius 3 is 2.15 bits per heavy atom. The van der Waals surface area contributed by atoms with Gasteiger partial charge in [-0.2, -0.15) is 13.2 Å². The van der Waals surface area contributed by atoms with Crippen LogP contribution in [0.2, 0.25) is 0 Å². The molecule has 0 aliphatic rings. The number of nitrogens with one attached hydrogen (secondary N) is 1. The van der Waals surface area contributed by atoms with Crippen molar-refractivity contribution >= 4 is 45.2 Å². The summed E-state index contributed by atoms with van der Waals surface area (Å²) in [5, 5.41) is 4.98. The van der Waals surface area contributed by atoms with E-state index in [4.69, 9.17) is 14.2 Å². The highest BCUT2D eigenvalue weighted by molar-refractivity contribution is 7.17. The molecule has 0 aliphatic heterocycles. The molecule has 6 nitrogen and oxygen atoms in total. The molecule has 0 bridgehead atoms. The van der Waals surface area contributed by atoms with Crippen LogP contribution >= 0.6 is 11.3 Å². The number of halogens is 3. The first-order valence-corrected chi connectivity index (χ1v) is 10.9. The van der Waals surface area contributed by atoms with E-state index >= 15 is 0 Å². The Labute approximate surface area is 197 Å². The zero-order valence-electron chi connectivity index (χ0n) is 18.4. The van der Waals surface area contributed by atoms with Crippen LogP contribution in [0.25, 0.3) is 22.4 Å². The quantitative estimate of drug-likeness (QED) is 0.315. The van der Waals surface area contributed by atoms with Crippen molar-refractivity contribution in [2.24, 2.45) is 0 Å². The summed E-state index contributed by atoms with van der Waals surface area (Å²) >= 11 is 1.44. The molecule has 0 saturated carbocycles. The van der Waals surface area contributed by atoms with Crippen molar-refractivity contribution in [3.8, 4) is 17.2 Å². The van der Waals surface area contributed by atoms with Crippen LogP contribution in [0.3, 0.4) is 0 Å². The molecule has 2 aromatic heterocycles. The van der Waals surface area contributed by atoms with Crippen LogP contribution in [0.4, 0.5) is 24.7 Å². The fourth-order valence-electron chi connectivity index (χ4n) is 3.29. The highest BCUT2D eigenvalue weighted by Crippen LogP contribution is 2.39. The molecule has 0 saturated heterocycles. The summed E-state index contributed by atoms with van der Waals surface area (Å²) in [6.45, 7) is 0. The molecule has 4 aromatic rings. The van der Waals surface area contributed by atoms with Crippen molar-refractivity contribution in [1.29, 1.82) is 0 Å². The Morgan fingerprint density at radius 1 is 0.882 bits per heavy atom. The molecular formula is C24H20F3N3O3S. The van der Waals surface area contributed by atoms with Gasteiger partial charge >= 0.3 is 6.18 Å². The number of methoxy groups -OCH3 is 3. The van der Waals surface area contributed by atoms with Crippen LogP contribution in [0.15, 0.2) is 47.8 Å². The standard InChI is InChI=1S/C24H20F3N3O3S/c1-31-18-12-14(13-19(32-2)21(18)33-3)4-9-20-29-17-10-11-34-22(17)23(30-20)28-16-7-5-15(6-8-16)24(25,26)27/h4-13H,1-3H3,(H,28,29,30)/b9-4+. The second kappa shape index (κ2) is 9.60. The van der Waals surface area contributed by atoms with Crippen molar-refractivity contribution in [2.75, 3.05) is 26.6 Å². The molecule has 176 valence electrons. The molecule has 0 fully saturated rings. The molecule has 2 heterocycles. The fraction of sp³-hybridized carbons (Fsp3) is 0.167. The smallest absolute Gasteiger partial charge is 0.416 e. The van der Waals surface area contributed by atoms with E-state index < -0.39 is 11.7 Å². The van der Waals surface area contributed by atoms with Gasteiger partial charge in [-0.25, -0.2) is 9.97 Å². The molecule has 34 heavy (non-hydrogen) atoms. The number of anilines is 2. The number of alkyl halides is 3. The topological polar surface area (TPSA) is 65.5 Å². The Kier molecular flexibility index (Phi) is 6.60. The first-order valence-electron chi connectivity index (χ1n) is 10.00. The van der Waals surface area contributed by atoms with Crippen molar-refractivity contribution in [1.82, 2.24) is 9.97 Å². The van der Waals surface area contributed by atoms with E-state index in [2.05, 4.69) is 15.3 Å². The van der Waals surface area contributed by atoms with Gasteiger partial charge in [0.25, 0.3) is 0 Å². The molecule has 4 rings (SSSR count). The second-order valence-electron chi connectivity index (χ2n) is 7.06. The van der Waals surface area contributed by atoms with Gasteiger partial charge in [0, 0.05) is 5.69 Å². The van der Waals surface area contributed by atoms with E-state index in [1.54, 1.807) is 24.3 Å². The first kappa shape index (κ1) is 23.4. The molecule has 0 atom stereocenters. The van der Waals surface area contributed by atoms with Gasteiger partial charge in [0.05, 0.1) is 37.1 Å². The SMILES string of the molecule is COc1cc(/C=C/c2nc(Nc3ccc(C(F)(F)F)cc3)c3sccc3n2)cc(OC)c1OC. The molecule has 0 radical (unpaired) electrons. The molecule has 1 N–H and O–H groups in total. The van der Waals surface area contributed by atoms with Crippen LogP contribution < -0.4 is 19.5 Å². The van der Waals surface area contributed by atoms with Gasteiger partial charge in [0.1, 0.15) is 0 Å². The third-order valence-electron chi connectivity index (χ3n) is 4.91. The highest BCUT2D eigenvalue weighted by atomic mass is 32.1. The first-order chi connectivity index (χ1) is 16.3. The summed E-state index contributed by atoms with van der Waals surface area (Å²) in [6, 6.07) is 10.2. The normalized spacial score (nSPS) is 11.7. The highest BCUT2D eigenvalue weighted by Gasteiger charge is 2.30. The zero-order chi connectivity index (χ0) is 24.3. The van der Waals surface area contributed by atoms with Crippen molar-refractivity contribution in [2.45, 2.75) is 6.18 Å². The minimum absolute atomic E-state index is 0.425. The Balaban J connectivity index is 1.66. The lowest BCUT2D eigenvalue weighted by Gasteiger charge is -2.12. The third kappa shape index (κ3) is 4.91. The van der Waals surface area contributed by atoms with E-state index in [1.165, 1.54) is 44.8 Å². The van der Waals surface area contributed by atoms with Crippen molar-refractivity contribution in [3.63, 3.8) is 0 Å². The number of benzene rings is 2. The number of nitrogens with zero attached hydrogens (tertiary/aromatic N) is 2. The van der Waals surface area contributed by atoms with Gasteiger partial charge in [0.15, 0.2) is 23.1 Å². The summed E-state index contributed by atoms with van der Waals surface area (Å²) in [5.41, 5.74) is 1.27. The van der Waals surface area contributed by atoms with Gasteiger partial charge in [-0.3, -0.25) is 0 Å². The number of hydrogen-bond acceptors (Lipinski definition) is 7. The minimum Gasteiger partial charge on any atom is -0.493 e. The van der Waals surface area contributed by atoms with Gasteiger partial charge in [-0.1, -0.05) is 6.08 Å². The average Bonchev–Trinajstić information content (AvgIpc) is 3.31. The third-order valence-corrected chi connectivity index (χ3v) is 5.82. The van der Waals surface area contributed by atoms with E-state index in [1.807, 2.05) is 11.4 Å². The lowest BCUT2D eigenvalue weighted by atomic mass is 10.1. The van der Waals surface area contributed by atoms with Crippen LogP contribution in [0.1, 0.15) is 17.0 Å². The predicted octanol–water partition coefficient (Wildman–Crippen LogP) is 6.65. The largest absolute Gasteiger partial charge is 0.493 e. The lowest BCUT2D eigenvalue weighted by molar-refractivity contribution is -0.137. The number of fused-ring (bicyclic) bond motifs is 1. The minimum atomic E-state index is -4.39. The van der Waals surface area contributed by atoms with E-state index in [0.29, 0.717) is 34.6 Å².